The molecule has 2 rings (SSSR count). The average Bonchev–Trinajstić information content (AvgIpc) is 2.90. The number of nitrogens with zero attached hydrogens (tertiary/aromatic N) is 3. The minimum Gasteiger partial charge on any atom is -0.325 e. The second-order valence-corrected chi connectivity index (χ2v) is 5.92. The Bertz CT molecular complexity index is 644. The van der Waals surface area contributed by atoms with Crippen molar-refractivity contribution in [2.24, 2.45) is 0 Å². The lowest BCUT2D eigenvalue weighted by Crippen LogP contribution is -2.23. The molecule has 0 saturated carbocycles. The van der Waals surface area contributed by atoms with E-state index in [4.69, 9.17) is 0 Å². The van der Waals surface area contributed by atoms with E-state index in [1.165, 1.54) is 17.8 Å². The van der Waals surface area contributed by atoms with Gasteiger partial charge in [-0.25, -0.2) is 4.39 Å². The molecule has 112 valence electrons. The van der Waals surface area contributed by atoms with Gasteiger partial charge in [0.05, 0.1) is 5.25 Å². The van der Waals surface area contributed by atoms with E-state index in [0.717, 1.165) is 6.54 Å². The van der Waals surface area contributed by atoms with Crippen molar-refractivity contribution in [3.8, 4) is 0 Å². The van der Waals surface area contributed by atoms with Gasteiger partial charge in [-0.05, 0) is 38.5 Å². The minimum atomic E-state index is -0.358. The lowest BCUT2D eigenvalue weighted by molar-refractivity contribution is -0.115. The van der Waals surface area contributed by atoms with Crippen molar-refractivity contribution in [1.29, 1.82) is 0 Å². The van der Waals surface area contributed by atoms with Crippen LogP contribution in [0.25, 0.3) is 0 Å². The van der Waals surface area contributed by atoms with Crippen LogP contribution in [0.3, 0.4) is 0 Å². The first-order valence-corrected chi connectivity index (χ1v) is 7.50. The van der Waals surface area contributed by atoms with E-state index < -0.39 is 0 Å². The summed E-state index contributed by atoms with van der Waals surface area (Å²) in [5.41, 5.74) is 0.999. The number of hydrogen-bond acceptors (Lipinski definition) is 4. The molecule has 1 N–H and O–H groups in total. The normalized spacial score (nSPS) is 12.2. The Labute approximate surface area is 127 Å². The van der Waals surface area contributed by atoms with Crippen molar-refractivity contribution >= 4 is 23.4 Å². The Kier molecular flexibility index (Phi) is 4.95. The fourth-order valence-electron chi connectivity index (χ4n) is 1.68. The summed E-state index contributed by atoms with van der Waals surface area (Å²) in [6.07, 6.45) is 1.63. The SMILES string of the molecule is CCn1cnnc1SC(C)C(=O)Nc1ccc(C)c(F)c1. The van der Waals surface area contributed by atoms with Crippen LogP contribution in [0.5, 0.6) is 0 Å². The largest absolute Gasteiger partial charge is 0.325 e. The molecular weight excluding hydrogens is 291 g/mol. The van der Waals surface area contributed by atoms with Crippen molar-refractivity contribution in [1.82, 2.24) is 14.8 Å². The summed E-state index contributed by atoms with van der Waals surface area (Å²) < 4.78 is 15.3. The molecule has 7 heteroatoms. The maximum atomic E-state index is 13.5. The van der Waals surface area contributed by atoms with Gasteiger partial charge in [-0.3, -0.25) is 4.79 Å². The Morgan fingerprint density at radius 1 is 1.52 bits per heavy atom. The Balaban J connectivity index is 2.01. The molecule has 0 spiro atoms. The van der Waals surface area contributed by atoms with Crippen molar-refractivity contribution in [3.63, 3.8) is 0 Å². The molecule has 21 heavy (non-hydrogen) atoms. The highest BCUT2D eigenvalue weighted by Gasteiger charge is 2.18. The third-order valence-electron chi connectivity index (χ3n) is 3.01. The molecule has 0 saturated heterocycles. The van der Waals surface area contributed by atoms with Gasteiger partial charge >= 0.3 is 0 Å². The number of carbonyl (C=O) groups excluding carboxylic acids is 1. The van der Waals surface area contributed by atoms with E-state index in [-0.39, 0.29) is 17.0 Å². The topological polar surface area (TPSA) is 59.8 Å². The number of aryl methyl sites for hydroxylation is 2. The predicted molar refractivity (Wildman–Crippen MR) is 80.8 cm³/mol. The molecule has 0 fully saturated rings. The van der Waals surface area contributed by atoms with Crippen LogP contribution in [0.4, 0.5) is 10.1 Å². The minimum absolute atomic E-state index is 0.200. The molecular formula is C14H17FN4OS. The number of rotatable bonds is 5. The fourth-order valence-corrected chi connectivity index (χ4v) is 2.57. The van der Waals surface area contributed by atoms with E-state index in [2.05, 4.69) is 15.5 Å². The van der Waals surface area contributed by atoms with Crippen LogP contribution in [0.2, 0.25) is 0 Å². The molecule has 1 heterocycles. The van der Waals surface area contributed by atoms with E-state index in [1.54, 1.807) is 32.3 Å². The molecule has 1 aromatic carbocycles. The molecule has 0 aliphatic heterocycles. The van der Waals surface area contributed by atoms with E-state index in [1.807, 2.05) is 11.5 Å². The summed E-state index contributed by atoms with van der Waals surface area (Å²) in [5, 5.41) is 10.8. The van der Waals surface area contributed by atoms with E-state index in [9.17, 15) is 9.18 Å². The van der Waals surface area contributed by atoms with Crippen molar-refractivity contribution in [2.45, 2.75) is 37.7 Å². The van der Waals surface area contributed by atoms with Gasteiger partial charge in [0.25, 0.3) is 0 Å². The van der Waals surface area contributed by atoms with Crippen LogP contribution in [-0.2, 0) is 11.3 Å². The van der Waals surface area contributed by atoms with Gasteiger partial charge in [0.1, 0.15) is 12.1 Å². The summed E-state index contributed by atoms with van der Waals surface area (Å²) in [4.78, 5) is 12.1. The summed E-state index contributed by atoms with van der Waals surface area (Å²) in [5.74, 6) is -0.535. The standard InChI is InChI=1S/C14H17FN4OS/c1-4-19-8-16-18-14(19)21-10(3)13(20)17-11-6-5-9(2)12(15)7-11/h5-8,10H,4H2,1-3H3,(H,17,20). The number of carbonyl (C=O) groups is 1. The number of halogens is 1. The zero-order chi connectivity index (χ0) is 15.4. The van der Waals surface area contributed by atoms with Crippen molar-refractivity contribution in [3.05, 3.63) is 35.9 Å². The molecule has 1 aromatic heterocycles. The first kappa shape index (κ1) is 15.5. The number of nitrogens with one attached hydrogen (secondary N) is 1. The monoisotopic (exact) mass is 308 g/mol. The summed E-state index contributed by atoms with van der Waals surface area (Å²) in [6, 6.07) is 4.64. The van der Waals surface area contributed by atoms with Crippen LogP contribution in [-0.4, -0.2) is 25.9 Å². The first-order valence-electron chi connectivity index (χ1n) is 6.62. The lowest BCUT2D eigenvalue weighted by atomic mass is 10.2. The molecule has 1 unspecified atom stereocenters. The van der Waals surface area contributed by atoms with E-state index in [0.29, 0.717) is 16.4 Å². The van der Waals surface area contributed by atoms with Crippen LogP contribution >= 0.6 is 11.8 Å². The highest BCUT2D eigenvalue weighted by Crippen LogP contribution is 2.22. The van der Waals surface area contributed by atoms with Gasteiger partial charge in [-0.2, -0.15) is 0 Å². The van der Waals surface area contributed by atoms with Crippen LogP contribution in [0.15, 0.2) is 29.7 Å². The maximum absolute atomic E-state index is 13.5. The number of anilines is 1. The van der Waals surface area contributed by atoms with Gasteiger partial charge in [0.2, 0.25) is 5.91 Å². The van der Waals surface area contributed by atoms with Gasteiger partial charge in [0.15, 0.2) is 5.16 Å². The average molecular weight is 308 g/mol. The molecule has 0 radical (unpaired) electrons. The summed E-state index contributed by atoms with van der Waals surface area (Å²) in [7, 11) is 0. The van der Waals surface area contributed by atoms with Crippen LogP contribution in [0, 0.1) is 12.7 Å². The Morgan fingerprint density at radius 2 is 2.29 bits per heavy atom. The van der Waals surface area contributed by atoms with Gasteiger partial charge in [-0.15, -0.1) is 10.2 Å². The number of thioether (sulfide) groups is 1. The molecule has 1 atom stereocenters. The Hall–Kier alpha value is -1.89. The lowest BCUT2D eigenvalue weighted by Gasteiger charge is -2.12. The van der Waals surface area contributed by atoms with Crippen LogP contribution in [0.1, 0.15) is 19.4 Å². The summed E-state index contributed by atoms with van der Waals surface area (Å²) >= 11 is 1.32. The van der Waals surface area contributed by atoms with Gasteiger partial charge in [0, 0.05) is 12.2 Å². The third-order valence-corrected chi connectivity index (χ3v) is 4.11. The molecule has 0 bridgehead atoms. The maximum Gasteiger partial charge on any atom is 0.237 e. The fraction of sp³-hybridized carbons (Fsp3) is 0.357. The van der Waals surface area contributed by atoms with Gasteiger partial charge in [-0.1, -0.05) is 17.8 Å². The highest BCUT2D eigenvalue weighted by molar-refractivity contribution is 8.00. The van der Waals surface area contributed by atoms with Gasteiger partial charge < -0.3 is 9.88 Å². The zero-order valence-electron chi connectivity index (χ0n) is 12.1. The highest BCUT2D eigenvalue weighted by atomic mass is 32.2. The number of amides is 1. The summed E-state index contributed by atoms with van der Waals surface area (Å²) in [6.45, 7) is 6.18. The van der Waals surface area contributed by atoms with Crippen molar-refractivity contribution < 1.29 is 9.18 Å². The van der Waals surface area contributed by atoms with E-state index >= 15 is 0 Å². The van der Waals surface area contributed by atoms with Crippen LogP contribution < -0.4 is 5.32 Å². The molecule has 5 nitrogen and oxygen atoms in total. The third kappa shape index (κ3) is 3.81. The molecule has 0 aliphatic rings. The van der Waals surface area contributed by atoms with Crippen molar-refractivity contribution in [2.75, 3.05) is 5.32 Å². The number of benzene rings is 1. The quantitative estimate of drug-likeness (QED) is 0.863. The smallest absolute Gasteiger partial charge is 0.237 e. The zero-order valence-corrected chi connectivity index (χ0v) is 12.9. The second kappa shape index (κ2) is 6.71. The first-order chi connectivity index (χ1) is 10.0. The Morgan fingerprint density at radius 3 is 2.95 bits per heavy atom. The molecule has 0 aliphatic carbocycles. The number of aromatic nitrogens is 3. The second-order valence-electron chi connectivity index (χ2n) is 4.61. The molecule has 1 amide bonds. The predicted octanol–water partition coefficient (Wildman–Crippen LogP) is 2.86. The molecule has 2 aromatic rings. The number of hydrogen-bond donors (Lipinski definition) is 1.